The third kappa shape index (κ3) is 7.87. The molecule has 3 N–H and O–H groups in total. The summed E-state index contributed by atoms with van der Waals surface area (Å²) in [5.41, 5.74) is 5.79. The lowest BCUT2D eigenvalue weighted by molar-refractivity contribution is -0.130. The zero-order valence-corrected chi connectivity index (χ0v) is 13.3. The number of ether oxygens (including phenoxy) is 1. The standard InChI is InChI=1S/C14H29N5O2/c1-3-21-12-4-5-16-14(15)17-6-7-18-8-10-19(11-9-18)13(2)20/h3-12H2,1-2H3,(H3,15,16,17). The van der Waals surface area contributed by atoms with E-state index in [4.69, 9.17) is 10.5 Å². The number of carbonyl (C=O) groups is 1. The van der Waals surface area contributed by atoms with Crippen molar-refractivity contribution in [1.82, 2.24) is 15.1 Å². The van der Waals surface area contributed by atoms with Crippen molar-refractivity contribution in [2.45, 2.75) is 20.3 Å². The SMILES string of the molecule is CCOCCCN=C(N)NCCN1CCN(C(C)=O)CC1. The van der Waals surface area contributed by atoms with Gasteiger partial charge in [-0.3, -0.25) is 14.7 Å². The van der Waals surface area contributed by atoms with Gasteiger partial charge in [0.15, 0.2) is 5.96 Å². The number of nitrogens with two attached hydrogens (primary N) is 1. The van der Waals surface area contributed by atoms with Gasteiger partial charge in [0.2, 0.25) is 5.91 Å². The highest BCUT2D eigenvalue weighted by atomic mass is 16.5. The van der Waals surface area contributed by atoms with Crippen LogP contribution in [-0.2, 0) is 9.53 Å². The number of piperazine rings is 1. The van der Waals surface area contributed by atoms with E-state index in [1.165, 1.54) is 0 Å². The van der Waals surface area contributed by atoms with E-state index in [1.54, 1.807) is 6.92 Å². The van der Waals surface area contributed by atoms with E-state index in [-0.39, 0.29) is 5.91 Å². The highest BCUT2D eigenvalue weighted by molar-refractivity contribution is 5.77. The minimum atomic E-state index is 0.163. The fourth-order valence-electron chi connectivity index (χ4n) is 2.19. The molecule has 0 saturated carbocycles. The van der Waals surface area contributed by atoms with Crippen LogP contribution in [-0.4, -0.2) is 80.7 Å². The summed E-state index contributed by atoms with van der Waals surface area (Å²) in [7, 11) is 0. The van der Waals surface area contributed by atoms with Gasteiger partial charge in [0.1, 0.15) is 0 Å². The van der Waals surface area contributed by atoms with E-state index < -0.39 is 0 Å². The van der Waals surface area contributed by atoms with Crippen LogP contribution in [0.5, 0.6) is 0 Å². The maximum atomic E-state index is 11.2. The van der Waals surface area contributed by atoms with Gasteiger partial charge < -0.3 is 20.7 Å². The number of nitrogens with one attached hydrogen (secondary N) is 1. The Hall–Kier alpha value is -1.34. The van der Waals surface area contributed by atoms with Crippen LogP contribution in [0.15, 0.2) is 4.99 Å². The molecule has 1 fully saturated rings. The Morgan fingerprint density at radius 1 is 1.33 bits per heavy atom. The molecular weight excluding hydrogens is 270 g/mol. The van der Waals surface area contributed by atoms with Crippen molar-refractivity contribution in [2.24, 2.45) is 10.7 Å². The van der Waals surface area contributed by atoms with Gasteiger partial charge in [-0.05, 0) is 13.3 Å². The van der Waals surface area contributed by atoms with Crippen molar-refractivity contribution in [3.8, 4) is 0 Å². The maximum absolute atomic E-state index is 11.2. The first-order valence-electron chi connectivity index (χ1n) is 7.73. The van der Waals surface area contributed by atoms with E-state index in [2.05, 4.69) is 15.2 Å². The first kappa shape index (κ1) is 17.7. The van der Waals surface area contributed by atoms with Crippen LogP contribution in [0.1, 0.15) is 20.3 Å². The molecule has 0 radical (unpaired) electrons. The average Bonchev–Trinajstić information content (AvgIpc) is 2.47. The van der Waals surface area contributed by atoms with Crippen molar-refractivity contribution >= 4 is 11.9 Å². The molecule has 0 aromatic rings. The number of hydrogen-bond acceptors (Lipinski definition) is 4. The second kappa shape index (κ2) is 10.4. The lowest BCUT2D eigenvalue weighted by Crippen LogP contribution is -2.50. The number of aliphatic imine (C=N–C) groups is 1. The first-order chi connectivity index (χ1) is 10.1. The summed E-state index contributed by atoms with van der Waals surface area (Å²) in [4.78, 5) is 19.7. The van der Waals surface area contributed by atoms with Crippen molar-refractivity contribution in [1.29, 1.82) is 0 Å². The van der Waals surface area contributed by atoms with Gasteiger partial charge in [0.25, 0.3) is 0 Å². The van der Waals surface area contributed by atoms with Crippen LogP contribution in [0.3, 0.4) is 0 Å². The zero-order valence-electron chi connectivity index (χ0n) is 13.3. The second-order valence-electron chi connectivity index (χ2n) is 5.09. The van der Waals surface area contributed by atoms with Crippen molar-refractivity contribution in [3.05, 3.63) is 0 Å². The van der Waals surface area contributed by atoms with Gasteiger partial charge >= 0.3 is 0 Å². The number of amides is 1. The Kier molecular flexibility index (Phi) is 8.77. The quantitative estimate of drug-likeness (QED) is 0.358. The summed E-state index contributed by atoms with van der Waals surface area (Å²) in [5.74, 6) is 0.657. The molecule has 0 aromatic carbocycles. The average molecular weight is 299 g/mol. The number of hydrogen-bond donors (Lipinski definition) is 2. The summed E-state index contributed by atoms with van der Waals surface area (Å²) in [6, 6.07) is 0. The van der Waals surface area contributed by atoms with Crippen LogP contribution in [0.2, 0.25) is 0 Å². The van der Waals surface area contributed by atoms with Crippen LogP contribution in [0.4, 0.5) is 0 Å². The molecule has 0 unspecified atom stereocenters. The third-order valence-electron chi connectivity index (χ3n) is 3.48. The topological polar surface area (TPSA) is 83.2 Å². The minimum Gasteiger partial charge on any atom is -0.382 e. The molecule has 0 aromatic heterocycles. The van der Waals surface area contributed by atoms with Crippen LogP contribution < -0.4 is 11.1 Å². The maximum Gasteiger partial charge on any atom is 0.219 e. The lowest BCUT2D eigenvalue weighted by Gasteiger charge is -2.34. The normalized spacial score (nSPS) is 17.0. The van der Waals surface area contributed by atoms with E-state index in [0.717, 1.165) is 58.9 Å². The number of rotatable bonds is 8. The molecule has 0 spiro atoms. The molecule has 1 aliphatic heterocycles. The molecule has 0 atom stereocenters. The van der Waals surface area contributed by atoms with Gasteiger partial charge in [-0.2, -0.15) is 0 Å². The summed E-state index contributed by atoms with van der Waals surface area (Å²) in [6.45, 7) is 10.9. The summed E-state index contributed by atoms with van der Waals surface area (Å²) >= 11 is 0. The summed E-state index contributed by atoms with van der Waals surface area (Å²) in [6.07, 6.45) is 0.892. The monoisotopic (exact) mass is 299 g/mol. The smallest absolute Gasteiger partial charge is 0.219 e. The molecule has 7 nitrogen and oxygen atoms in total. The van der Waals surface area contributed by atoms with Gasteiger partial charge in [0, 0.05) is 66.0 Å². The largest absolute Gasteiger partial charge is 0.382 e. The molecule has 21 heavy (non-hydrogen) atoms. The van der Waals surface area contributed by atoms with E-state index in [9.17, 15) is 4.79 Å². The Morgan fingerprint density at radius 3 is 2.67 bits per heavy atom. The number of nitrogens with zero attached hydrogens (tertiary/aromatic N) is 3. The number of carbonyl (C=O) groups excluding carboxylic acids is 1. The molecule has 1 heterocycles. The van der Waals surface area contributed by atoms with Gasteiger partial charge in [-0.1, -0.05) is 0 Å². The molecule has 0 aliphatic carbocycles. The molecule has 1 saturated heterocycles. The number of guanidine groups is 1. The molecule has 1 aliphatic rings. The van der Waals surface area contributed by atoms with Gasteiger partial charge in [-0.25, -0.2) is 0 Å². The summed E-state index contributed by atoms with van der Waals surface area (Å²) in [5, 5.41) is 3.12. The van der Waals surface area contributed by atoms with Gasteiger partial charge in [-0.15, -0.1) is 0 Å². The first-order valence-corrected chi connectivity index (χ1v) is 7.73. The van der Waals surface area contributed by atoms with Crippen LogP contribution in [0, 0.1) is 0 Å². The molecule has 0 bridgehead atoms. The van der Waals surface area contributed by atoms with E-state index >= 15 is 0 Å². The predicted octanol–water partition coefficient (Wildman–Crippen LogP) is -0.519. The minimum absolute atomic E-state index is 0.163. The lowest BCUT2D eigenvalue weighted by atomic mass is 10.3. The zero-order chi connectivity index (χ0) is 15.5. The van der Waals surface area contributed by atoms with E-state index in [0.29, 0.717) is 12.5 Å². The van der Waals surface area contributed by atoms with Crippen LogP contribution in [0.25, 0.3) is 0 Å². The second-order valence-corrected chi connectivity index (χ2v) is 5.09. The highest BCUT2D eigenvalue weighted by Gasteiger charge is 2.17. The fraction of sp³-hybridized carbons (Fsp3) is 0.857. The van der Waals surface area contributed by atoms with Crippen molar-refractivity contribution in [3.63, 3.8) is 0 Å². The van der Waals surface area contributed by atoms with Gasteiger partial charge in [0.05, 0.1) is 0 Å². The van der Waals surface area contributed by atoms with Crippen molar-refractivity contribution < 1.29 is 9.53 Å². The fourth-order valence-corrected chi connectivity index (χ4v) is 2.19. The summed E-state index contributed by atoms with van der Waals surface area (Å²) < 4.78 is 5.24. The highest BCUT2D eigenvalue weighted by Crippen LogP contribution is 2.00. The molecule has 7 heteroatoms. The Labute approximate surface area is 127 Å². The van der Waals surface area contributed by atoms with Crippen molar-refractivity contribution in [2.75, 3.05) is 59.0 Å². The van der Waals surface area contributed by atoms with Crippen LogP contribution >= 0.6 is 0 Å². The Balaban J connectivity index is 2.05. The Morgan fingerprint density at radius 2 is 2.05 bits per heavy atom. The van der Waals surface area contributed by atoms with E-state index in [1.807, 2.05) is 11.8 Å². The molecule has 122 valence electrons. The predicted molar refractivity (Wildman–Crippen MR) is 84.3 cm³/mol. The third-order valence-corrected chi connectivity index (χ3v) is 3.48. The Bertz CT molecular complexity index is 327. The molecule has 1 amide bonds. The molecule has 1 rings (SSSR count). The molecular formula is C14H29N5O2.